The van der Waals surface area contributed by atoms with Gasteiger partial charge in [-0.05, 0) is 83.0 Å². The van der Waals surface area contributed by atoms with Crippen LogP contribution in [0.3, 0.4) is 0 Å². The van der Waals surface area contributed by atoms with Gasteiger partial charge in [-0.15, -0.1) is 0 Å². The molecule has 0 amide bonds. The van der Waals surface area contributed by atoms with Crippen LogP contribution < -0.4 is 4.74 Å². The zero-order valence-electron chi connectivity index (χ0n) is 32.2. The first-order valence-electron chi connectivity index (χ1n) is 19.8. The Bertz CT molecular complexity index is 2890. The van der Waals surface area contributed by atoms with Crippen LogP contribution in [0.25, 0.3) is 90.9 Å². The maximum absolute atomic E-state index is 10.6. The summed E-state index contributed by atoms with van der Waals surface area (Å²) in [7, 11) is 0. The summed E-state index contributed by atoms with van der Waals surface area (Å²) in [6.45, 7) is -0.553. The SMILES string of the molecule is OC[C@H]1O[C@@H](Oc2ccc(-c3c4nc(c(-c5ccccc5)c5ccc([nH]5)c(-c5ccccc5)c5nc(c(-c6ccccc6)c6ccc3[nH]6)C=C5)C=C4)cc2)[C@H](O)[C@@H](O)[C@H]1O. The van der Waals surface area contributed by atoms with Crippen molar-refractivity contribution in [3.05, 3.63) is 162 Å². The molecule has 0 spiro atoms. The average Bonchev–Trinajstić information content (AvgIpc) is 4.14. The van der Waals surface area contributed by atoms with Gasteiger partial charge in [0.05, 0.1) is 29.4 Å². The molecule has 6 N–H and O–H groups in total. The Labute approximate surface area is 345 Å². The first-order valence-corrected chi connectivity index (χ1v) is 19.8. The molecule has 4 aromatic carbocycles. The van der Waals surface area contributed by atoms with Gasteiger partial charge in [-0.25, -0.2) is 9.97 Å². The highest BCUT2D eigenvalue weighted by Crippen LogP contribution is 2.39. The number of nitrogens with zero attached hydrogens (tertiary/aromatic N) is 2. The summed E-state index contributed by atoms with van der Waals surface area (Å²) in [6.07, 6.45) is 1.26. The number of nitrogens with one attached hydrogen (secondary N) is 2. The molecule has 7 aromatic rings. The Morgan fingerprint density at radius 2 is 0.817 bits per heavy atom. The summed E-state index contributed by atoms with van der Waals surface area (Å²) in [5.41, 5.74) is 14.3. The molecule has 5 atom stereocenters. The molecule has 10 rings (SSSR count). The van der Waals surface area contributed by atoms with Crippen LogP contribution in [-0.4, -0.2) is 77.7 Å². The van der Waals surface area contributed by atoms with Gasteiger partial charge in [0.25, 0.3) is 0 Å². The fourth-order valence-corrected chi connectivity index (χ4v) is 8.23. The highest BCUT2D eigenvalue weighted by atomic mass is 16.7. The summed E-state index contributed by atoms with van der Waals surface area (Å²) in [5.74, 6) is 0.354. The molecule has 0 radical (unpaired) electrons. The number of aromatic nitrogens is 4. The van der Waals surface area contributed by atoms with Gasteiger partial charge in [-0.2, -0.15) is 0 Å². The van der Waals surface area contributed by atoms with E-state index in [1.165, 1.54) is 0 Å². The molecule has 0 saturated carbocycles. The van der Waals surface area contributed by atoms with E-state index in [1.54, 1.807) is 12.1 Å². The van der Waals surface area contributed by atoms with Gasteiger partial charge >= 0.3 is 0 Å². The van der Waals surface area contributed by atoms with E-state index in [1.807, 2.05) is 78.9 Å². The quantitative estimate of drug-likeness (QED) is 0.0939. The number of aromatic amines is 2. The summed E-state index contributed by atoms with van der Waals surface area (Å²) < 4.78 is 11.6. The number of aliphatic hydroxyl groups excluding tert-OH is 4. The van der Waals surface area contributed by atoms with E-state index in [0.29, 0.717) is 5.75 Å². The van der Waals surface area contributed by atoms with Crippen molar-refractivity contribution in [2.24, 2.45) is 0 Å². The molecule has 6 heterocycles. The van der Waals surface area contributed by atoms with E-state index < -0.39 is 37.3 Å². The van der Waals surface area contributed by atoms with Crippen LogP contribution in [0.15, 0.2) is 140 Å². The van der Waals surface area contributed by atoms with E-state index >= 15 is 0 Å². The molecule has 3 aliphatic heterocycles. The molecule has 10 nitrogen and oxygen atoms in total. The molecule has 0 aliphatic carbocycles. The zero-order valence-corrected chi connectivity index (χ0v) is 32.2. The topological polar surface area (TPSA) is 157 Å². The number of ether oxygens (including phenoxy) is 2. The van der Waals surface area contributed by atoms with Crippen LogP contribution in [0.2, 0.25) is 0 Å². The standard InChI is InChI=1S/C50H40N4O6/c55-28-42-47(56)48(57)49(58)50(60-42)59-33-18-16-32(17-19-33)46-40-26-24-38(53-40)44(30-12-6-2-7-13-30)36-22-20-34(51-36)43(29-10-4-1-5-11-29)35-21-23-37(52-35)45(31-14-8-3-9-15-31)39-25-27-41(46)54-39/h1-27,42,47-51,54-58H,28H2/t42-,47+,48+,49-,50-/m1/s1. The molecule has 0 unspecified atom stereocenters. The maximum atomic E-state index is 10.6. The van der Waals surface area contributed by atoms with Gasteiger partial charge in [0, 0.05) is 44.3 Å². The minimum absolute atomic E-state index is 0.354. The average molecular weight is 793 g/mol. The van der Waals surface area contributed by atoms with Crippen molar-refractivity contribution in [3.63, 3.8) is 0 Å². The van der Waals surface area contributed by atoms with Crippen LogP contribution in [0, 0.1) is 0 Å². The van der Waals surface area contributed by atoms with Gasteiger partial charge in [0.15, 0.2) is 0 Å². The molecule has 3 aliphatic rings. The van der Waals surface area contributed by atoms with Crippen molar-refractivity contribution in [2.45, 2.75) is 30.7 Å². The number of aliphatic hydroxyl groups is 4. The van der Waals surface area contributed by atoms with Crippen LogP contribution in [0.5, 0.6) is 5.75 Å². The summed E-state index contributed by atoms with van der Waals surface area (Å²) in [6, 6.07) is 46.4. The number of H-pyrrole nitrogens is 2. The van der Waals surface area contributed by atoms with Crippen molar-refractivity contribution in [3.8, 4) is 50.3 Å². The smallest absolute Gasteiger partial charge is 0.229 e. The third kappa shape index (κ3) is 6.82. The highest BCUT2D eigenvalue weighted by Gasteiger charge is 2.44. The van der Waals surface area contributed by atoms with E-state index in [0.717, 1.165) is 89.4 Å². The minimum atomic E-state index is -1.55. The van der Waals surface area contributed by atoms with Gasteiger partial charge in [0.1, 0.15) is 30.2 Å². The van der Waals surface area contributed by atoms with Gasteiger partial charge < -0.3 is 39.9 Å². The zero-order chi connectivity index (χ0) is 40.7. The summed E-state index contributed by atoms with van der Waals surface area (Å²) in [4.78, 5) is 18.2. The monoisotopic (exact) mass is 792 g/mol. The normalized spacial score (nSPS) is 19.7. The Hall–Kier alpha value is -6.92. The Kier molecular flexibility index (Phi) is 9.77. The van der Waals surface area contributed by atoms with Crippen molar-refractivity contribution in [1.29, 1.82) is 0 Å². The van der Waals surface area contributed by atoms with E-state index in [-0.39, 0.29) is 0 Å². The molecule has 60 heavy (non-hydrogen) atoms. The van der Waals surface area contributed by atoms with Crippen LogP contribution in [-0.2, 0) is 4.74 Å². The van der Waals surface area contributed by atoms with Crippen LogP contribution in [0.1, 0.15) is 22.8 Å². The van der Waals surface area contributed by atoms with Gasteiger partial charge in [-0.3, -0.25) is 0 Å². The fraction of sp³-hybridized carbons (Fsp3) is 0.120. The number of rotatable bonds is 7. The number of hydrogen-bond donors (Lipinski definition) is 6. The van der Waals surface area contributed by atoms with Crippen molar-refractivity contribution >= 4 is 46.4 Å². The lowest BCUT2D eigenvalue weighted by atomic mass is 9.99. The van der Waals surface area contributed by atoms with Crippen molar-refractivity contribution < 1.29 is 29.9 Å². The number of benzene rings is 4. The molecule has 10 heteroatoms. The van der Waals surface area contributed by atoms with E-state index in [9.17, 15) is 20.4 Å². The predicted octanol–water partition coefficient (Wildman–Crippen LogP) is 8.50. The molecule has 1 saturated heterocycles. The van der Waals surface area contributed by atoms with Gasteiger partial charge in [0.2, 0.25) is 6.29 Å². The predicted molar refractivity (Wildman–Crippen MR) is 235 cm³/mol. The lowest BCUT2D eigenvalue weighted by molar-refractivity contribution is -0.277. The maximum Gasteiger partial charge on any atom is 0.229 e. The number of hydrogen-bond acceptors (Lipinski definition) is 8. The molecule has 8 bridgehead atoms. The van der Waals surface area contributed by atoms with E-state index in [4.69, 9.17) is 19.4 Å². The Balaban J connectivity index is 1.23. The van der Waals surface area contributed by atoms with Crippen LogP contribution >= 0.6 is 0 Å². The third-order valence-electron chi connectivity index (χ3n) is 11.2. The molecular formula is C50H40N4O6. The lowest BCUT2D eigenvalue weighted by Gasteiger charge is -2.39. The Morgan fingerprint density at radius 1 is 0.450 bits per heavy atom. The second-order valence-electron chi connectivity index (χ2n) is 14.9. The number of fused-ring (bicyclic) bond motifs is 8. The van der Waals surface area contributed by atoms with E-state index in [2.05, 4.69) is 82.8 Å². The van der Waals surface area contributed by atoms with Crippen molar-refractivity contribution in [1.82, 2.24) is 19.9 Å². The fourth-order valence-electron chi connectivity index (χ4n) is 8.23. The minimum Gasteiger partial charge on any atom is -0.462 e. The molecule has 296 valence electrons. The second-order valence-corrected chi connectivity index (χ2v) is 14.9. The first-order chi connectivity index (χ1) is 29.4. The summed E-state index contributed by atoms with van der Waals surface area (Å²) >= 11 is 0. The molecule has 3 aromatic heterocycles. The lowest BCUT2D eigenvalue weighted by Crippen LogP contribution is -2.60. The molecule has 1 fully saturated rings. The Morgan fingerprint density at radius 3 is 1.18 bits per heavy atom. The first kappa shape index (κ1) is 37.4. The third-order valence-corrected chi connectivity index (χ3v) is 11.2. The molecular weight excluding hydrogens is 753 g/mol. The summed E-state index contributed by atoms with van der Waals surface area (Å²) in [5, 5.41) is 40.9. The van der Waals surface area contributed by atoms with Crippen LogP contribution in [0.4, 0.5) is 0 Å². The van der Waals surface area contributed by atoms with Crippen molar-refractivity contribution in [2.75, 3.05) is 6.61 Å². The highest BCUT2D eigenvalue weighted by molar-refractivity contribution is 5.99. The largest absolute Gasteiger partial charge is 0.462 e. The second kappa shape index (κ2) is 15.7. The van der Waals surface area contributed by atoms with Gasteiger partial charge in [-0.1, -0.05) is 103 Å².